The third-order valence-electron chi connectivity index (χ3n) is 5.14. The molecule has 0 unspecified atom stereocenters. The number of alkyl halides is 3. The lowest BCUT2D eigenvalue weighted by molar-refractivity contribution is -0.274. The van der Waals surface area contributed by atoms with E-state index in [-0.39, 0.29) is 34.8 Å². The molecule has 0 atom stereocenters. The summed E-state index contributed by atoms with van der Waals surface area (Å²) >= 11 is 0. The summed E-state index contributed by atoms with van der Waals surface area (Å²) in [5.74, 6) is -0.605. The molecule has 3 aromatic rings. The largest absolute Gasteiger partial charge is 0.573 e. The highest BCUT2D eigenvalue weighted by atomic mass is 19.4. The van der Waals surface area contributed by atoms with Crippen LogP contribution in [0.2, 0.25) is 0 Å². The number of piperidine rings is 1. The first-order valence-corrected chi connectivity index (χ1v) is 9.97. The van der Waals surface area contributed by atoms with E-state index in [0.29, 0.717) is 37.0 Å². The molecule has 3 heterocycles. The number of likely N-dealkylation sites (tertiary alicyclic amines) is 1. The molecular weight excluding hydrogens is 427 g/mol. The second-order valence-electron chi connectivity index (χ2n) is 7.48. The number of benzene rings is 1. The lowest BCUT2D eigenvalue weighted by Gasteiger charge is -2.32. The second kappa shape index (κ2) is 8.52. The molecule has 1 fully saturated rings. The van der Waals surface area contributed by atoms with E-state index in [1.807, 2.05) is 6.92 Å². The SMILES string of the molecule is Cc1ccc2c(O)c(C(=O)N3CCC(Oc4cccc(OC(F)(F)F)c4)CC3)cnc2n1. The summed E-state index contributed by atoms with van der Waals surface area (Å²) in [5.41, 5.74) is 1.21. The lowest BCUT2D eigenvalue weighted by atomic mass is 10.1. The molecule has 1 aromatic carbocycles. The fourth-order valence-corrected chi connectivity index (χ4v) is 3.60. The van der Waals surface area contributed by atoms with Gasteiger partial charge in [0.25, 0.3) is 5.91 Å². The maximum atomic E-state index is 12.9. The zero-order valence-electron chi connectivity index (χ0n) is 17.1. The Bertz CT molecular complexity index is 1140. The molecule has 0 aliphatic carbocycles. The van der Waals surface area contributed by atoms with Gasteiger partial charge in [-0.1, -0.05) is 6.07 Å². The Morgan fingerprint density at radius 2 is 1.88 bits per heavy atom. The van der Waals surface area contributed by atoms with Gasteiger partial charge >= 0.3 is 6.36 Å². The smallest absolute Gasteiger partial charge is 0.506 e. The molecule has 4 rings (SSSR count). The van der Waals surface area contributed by atoms with Crippen LogP contribution in [0.25, 0.3) is 11.0 Å². The number of hydrogen-bond donors (Lipinski definition) is 1. The Kier molecular flexibility index (Phi) is 5.77. The van der Waals surface area contributed by atoms with Crippen molar-refractivity contribution in [2.24, 2.45) is 0 Å². The van der Waals surface area contributed by atoms with Crippen molar-refractivity contribution in [3.8, 4) is 17.2 Å². The molecule has 7 nitrogen and oxygen atoms in total. The third-order valence-corrected chi connectivity index (χ3v) is 5.14. The third kappa shape index (κ3) is 4.84. The van der Waals surface area contributed by atoms with Crippen LogP contribution in [0.15, 0.2) is 42.6 Å². The summed E-state index contributed by atoms with van der Waals surface area (Å²) in [6.07, 6.45) is -2.75. The number of fused-ring (bicyclic) bond motifs is 1. The number of pyridine rings is 2. The minimum atomic E-state index is -4.78. The number of carbonyl (C=O) groups excluding carboxylic acids is 1. The highest BCUT2D eigenvalue weighted by molar-refractivity contribution is 6.01. The van der Waals surface area contributed by atoms with Gasteiger partial charge in [-0.2, -0.15) is 0 Å². The summed E-state index contributed by atoms with van der Waals surface area (Å²) < 4.78 is 46.9. The molecule has 2 aromatic heterocycles. The second-order valence-corrected chi connectivity index (χ2v) is 7.48. The van der Waals surface area contributed by atoms with Crippen molar-refractivity contribution in [1.82, 2.24) is 14.9 Å². The molecule has 1 saturated heterocycles. The van der Waals surface area contributed by atoms with E-state index in [0.717, 1.165) is 5.69 Å². The molecule has 0 saturated carbocycles. The van der Waals surface area contributed by atoms with Crippen LogP contribution >= 0.6 is 0 Å². The summed E-state index contributed by atoms with van der Waals surface area (Å²) in [6, 6.07) is 8.75. The first-order valence-electron chi connectivity index (χ1n) is 9.97. The van der Waals surface area contributed by atoms with E-state index >= 15 is 0 Å². The molecule has 0 bridgehead atoms. The number of aromatic hydroxyl groups is 1. The highest BCUT2D eigenvalue weighted by Gasteiger charge is 2.31. The van der Waals surface area contributed by atoms with Gasteiger partial charge in [0.1, 0.15) is 28.9 Å². The monoisotopic (exact) mass is 447 g/mol. The number of carbonyl (C=O) groups is 1. The van der Waals surface area contributed by atoms with Gasteiger partial charge in [-0.25, -0.2) is 9.97 Å². The number of hydrogen-bond acceptors (Lipinski definition) is 6. The van der Waals surface area contributed by atoms with Crippen LogP contribution in [0.3, 0.4) is 0 Å². The molecule has 1 amide bonds. The lowest BCUT2D eigenvalue weighted by Crippen LogP contribution is -2.41. The zero-order valence-corrected chi connectivity index (χ0v) is 17.1. The fraction of sp³-hybridized carbons (Fsp3) is 0.318. The Hall–Kier alpha value is -3.56. The molecular formula is C22H20F3N3O4. The minimum Gasteiger partial charge on any atom is -0.506 e. The molecule has 10 heteroatoms. The Balaban J connectivity index is 1.39. The van der Waals surface area contributed by atoms with Crippen molar-refractivity contribution in [1.29, 1.82) is 0 Å². The zero-order chi connectivity index (χ0) is 22.9. The van der Waals surface area contributed by atoms with Crippen molar-refractivity contribution in [3.05, 3.63) is 53.9 Å². The first kappa shape index (κ1) is 21.7. The Morgan fingerprint density at radius 1 is 1.16 bits per heavy atom. The maximum Gasteiger partial charge on any atom is 0.573 e. The van der Waals surface area contributed by atoms with Gasteiger partial charge in [-0.15, -0.1) is 13.2 Å². The van der Waals surface area contributed by atoms with Crippen LogP contribution in [0.1, 0.15) is 28.9 Å². The summed E-state index contributed by atoms with van der Waals surface area (Å²) in [7, 11) is 0. The van der Waals surface area contributed by atoms with Crippen LogP contribution in [0, 0.1) is 6.92 Å². The molecule has 1 N–H and O–H groups in total. The van der Waals surface area contributed by atoms with Crippen molar-refractivity contribution >= 4 is 16.9 Å². The van der Waals surface area contributed by atoms with E-state index in [2.05, 4.69) is 14.7 Å². The van der Waals surface area contributed by atoms with Gasteiger partial charge in [0.05, 0.1) is 5.39 Å². The maximum absolute atomic E-state index is 12.9. The topological polar surface area (TPSA) is 84.8 Å². The standard InChI is InChI=1S/C22H20F3N3O4/c1-13-5-6-17-19(29)18(12-26-20(17)27-13)21(30)28-9-7-14(8-10-28)31-15-3-2-4-16(11-15)32-22(23,24)25/h2-6,11-12,14H,7-10H2,1H3,(H,26,27,29). The van der Waals surface area contributed by atoms with Crippen LogP contribution in [0.5, 0.6) is 17.2 Å². The predicted molar refractivity (Wildman–Crippen MR) is 109 cm³/mol. The van der Waals surface area contributed by atoms with Gasteiger partial charge < -0.3 is 19.5 Å². The molecule has 168 valence electrons. The fourth-order valence-electron chi connectivity index (χ4n) is 3.60. The molecule has 0 spiro atoms. The number of ether oxygens (including phenoxy) is 2. The first-order chi connectivity index (χ1) is 15.2. The van der Waals surface area contributed by atoms with Crippen LogP contribution < -0.4 is 9.47 Å². The van der Waals surface area contributed by atoms with Crippen LogP contribution in [-0.4, -0.2) is 51.4 Å². The van der Waals surface area contributed by atoms with Gasteiger partial charge in [-0.3, -0.25) is 4.79 Å². The van der Waals surface area contributed by atoms with Crippen LogP contribution in [-0.2, 0) is 0 Å². The molecule has 1 aliphatic heterocycles. The summed E-state index contributed by atoms with van der Waals surface area (Å²) in [4.78, 5) is 22.9. The number of aromatic nitrogens is 2. The number of aryl methyl sites for hydroxylation is 1. The van der Waals surface area contributed by atoms with Gasteiger partial charge in [0, 0.05) is 43.9 Å². The molecule has 32 heavy (non-hydrogen) atoms. The van der Waals surface area contributed by atoms with Crippen molar-refractivity contribution in [2.45, 2.75) is 32.2 Å². The Labute approximate surface area is 181 Å². The van der Waals surface area contributed by atoms with Gasteiger partial charge in [-0.05, 0) is 31.2 Å². The minimum absolute atomic E-state index is 0.0968. The average molecular weight is 447 g/mol. The molecule has 0 radical (unpaired) electrons. The predicted octanol–water partition coefficient (Wildman–Crippen LogP) is 4.23. The quantitative estimate of drug-likeness (QED) is 0.645. The number of nitrogens with zero attached hydrogens (tertiary/aromatic N) is 3. The average Bonchev–Trinajstić information content (AvgIpc) is 2.73. The highest BCUT2D eigenvalue weighted by Crippen LogP contribution is 2.30. The van der Waals surface area contributed by atoms with E-state index in [1.165, 1.54) is 24.4 Å². The van der Waals surface area contributed by atoms with Gasteiger partial charge in [0.15, 0.2) is 5.65 Å². The summed E-state index contributed by atoms with van der Waals surface area (Å²) in [5, 5.41) is 11.0. The Morgan fingerprint density at radius 3 is 2.59 bits per heavy atom. The summed E-state index contributed by atoms with van der Waals surface area (Å²) in [6.45, 7) is 2.54. The van der Waals surface area contributed by atoms with Crippen molar-refractivity contribution in [2.75, 3.05) is 13.1 Å². The number of amides is 1. The van der Waals surface area contributed by atoms with E-state index in [1.54, 1.807) is 23.1 Å². The van der Waals surface area contributed by atoms with E-state index in [9.17, 15) is 23.1 Å². The van der Waals surface area contributed by atoms with Crippen molar-refractivity contribution < 1.29 is 32.5 Å². The number of halogens is 3. The molecule has 1 aliphatic rings. The van der Waals surface area contributed by atoms with Gasteiger partial charge in [0.2, 0.25) is 0 Å². The van der Waals surface area contributed by atoms with Crippen molar-refractivity contribution in [3.63, 3.8) is 0 Å². The van der Waals surface area contributed by atoms with Crippen LogP contribution in [0.4, 0.5) is 13.2 Å². The normalized spacial score (nSPS) is 15.1. The number of rotatable bonds is 4. The van der Waals surface area contributed by atoms with E-state index in [4.69, 9.17) is 4.74 Å². The van der Waals surface area contributed by atoms with E-state index < -0.39 is 6.36 Å².